The monoisotopic (exact) mass is 391 g/mol. The van der Waals surface area contributed by atoms with Gasteiger partial charge in [-0.15, -0.1) is 0 Å². The number of nitrogens with zero attached hydrogens (tertiary/aromatic N) is 3. The Balaban J connectivity index is 1.60. The second-order valence-corrected chi connectivity index (χ2v) is 7.19. The molecule has 0 aliphatic carbocycles. The van der Waals surface area contributed by atoms with Crippen molar-refractivity contribution in [3.8, 4) is 0 Å². The van der Waals surface area contributed by atoms with Gasteiger partial charge in [0.15, 0.2) is 5.78 Å². The van der Waals surface area contributed by atoms with E-state index in [-0.39, 0.29) is 11.3 Å². The molecule has 0 unspecified atom stereocenters. The summed E-state index contributed by atoms with van der Waals surface area (Å²) >= 11 is 5.88. The molecular formula is C22H18ClN3O2. The zero-order chi connectivity index (χ0) is 19.8. The highest BCUT2D eigenvalue weighted by Crippen LogP contribution is 2.15. The Hall–Kier alpha value is -3.18. The van der Waals surface area contributed by atoms with Gasteiger partial charge in [0.25, 0.3) is 5.56 Å². The summed E-state index contributed by atoms with van der Waals surface area (Å²) in [7, 11) is 0. The van der Waals surface area contributed by atoms with Gasteiger partial charge in [-0.3, -0.25) is 14.0 Å². The number of hydrogen-bond donors (Lipinski definition) is 0. The van der Waals surface area contributed by atoms with Gasteiger partial charge in [0.1, 0.15) is 0 Å². The number of rotatable bonds is 4. The van der Waals surface area contributed by atoms with Crippen LogP contribution in [0.15, 0.2) is 65.7 Å². The van der Waals surface area contributed by atoms with E-state index in [4.69, 9.17) is 11.6 Å². The summed E-state index contributed by atoms with van der Waals surface area (Å²) in [5.74, 6) is 0.559. The topological polar surface area (TPSA) is 56.4 Å². The predicted molar refractivity (Wildman–Crippen MR) is 109 cm³/mol. The molecule has 140 valence electrons. The molecule has 0 aliphatic heterocycles. The van der Waals surface area contributed by atoms with E-state index in [1.165, 1.54) is 0 Å². The molecule has 5 nitrogen and oxygen atoms in total. The lowest BCUT2D eigenvalue weighted by atomic mass is 10.0. The van der Waals surface area contributed by atoms with E-state index in [1.807, 2.05) is 42.0 Å². The molecule has 0 N–H and O–H groups in total. The van der Waals surface area contributed by atoms with Gasteiger partial charge in [-0.25, -0.2) is 4.98 Å². The van der Waals surface area contributed by atoms with Crippen LogP contribution in [0.3, 0.4) is 0 Å². The van der Waals surface area contributed by atoms with E-state index in [0.717, 1.165) is 11.3 Å². The molecule has 0 radical (unpaired) electrons. The number of fused-ring (bicyclic) bond motifs is 1. The largest absolute Gasteiger partial charge is 0.312 e. The van der Waals surface area contributed by atoms with Crippen LogP contribution in [0, 0.1) is 13.8 Å². The van der Waals surface area contributed by atoms with Crippen LogP contribution in [-0.2, 0) is 6.54 Å². The number of hydrogen-bond acceptors (Lipinski definition) is 3. The smallest absolute Gasteiger partial charge is 0.262 e. The van der Waals surface area contributed by atoms with Crippen LogP contribution in [0.4, 0.5) is 0 Å². The third kappa shape index (κ3) is 3.25. The van der Waals surface area contributed by atoms with Gasteiger partial charge in [-0.05, 0) is 43.7 Å². The predicted octanol–water partition coefficient (Wildman–Crippen LogP) is 4.05. The molecule has 2 aromatic carbocycles. The number of halogens is 1. The number of aromatic nitrogens is 3. The lowest BCUT2D eigenvalue weighted by molar-refractivity contribution is 0.103. The molecule has 0 atom stereocenters. The number of ketones is 1. The summed E-state index contributed by atoms with van der Waals surface area (Å²) in [5, 5.41) is 0.601. The maximum absolute atomic E-state index is 12.6. The molecule has 0 fully saturated rings. The van der Waals surface area contributed by atoms with Gasteiger partial charge in [0.2, 0.25) is 5.78 Å². The Labute approximate surface area is 166 Å². The first-order valence-electron chi connectivity index (χ1n) is 8.88. The van der Waals surface area contributed by atoms with Crippen molar-refractivity contribution in [1.29, 1.82) is 0 Å². The fourth-order valence-electron chi connectivity index (χ4n) is 3.11. The standard InChI is InChI=1S/C22H18ClN3O2/c1-14-15(2)24-22-25(11-12-26(22)21(14)28)13-16-3-5-17(6-4-16)20(27)18-7-9-19(23)10-8-18/h3-12H,13H2,1-2H3. The van der Waals surface area contributed by atoms with Crippen LogP contribution in [0.25, 0.3) is 5.78 Å². The average molecular weight is 392 g/mol. The van der Waals surface area contributed by atoms with Gasteiger partial charge >= 0.3 is 0 Å². The van der Waals surface area contributed by atoms with Gasteiger partial charge in [-0.2, -0.15) is 0 Å². The lowest BCUT2D eigenvalue weighted by Crippen LogP contribution is -2.19. The van der Waals surface area contributed by atoms with Crippen LogP contribution >= 0.6 is 11.6 Å². The summed E-state index contributed by atoms with van der Waals surface area (Å²) in [6.45, 7) is 4.18. The number of carbonyl (C=O) groups is 1. The second kappa shape index (κ2) is 7.09. The molecule has 4 aromatic rings. The highest BCUT2D eigenvalue weighted by molar-refractivity contribution is 6.30. The van der Waals surface area contributed by atoms with Crippen molar-refractivity contribution < 1.29 is 4.79 Å². The van der Waals surface area contributed by atoms with Gasteiger partial charge < -0.3 is 4.57 Å². The number of aryl methyl sites for hydroxylation is 1. The first kappa shape index (κ1) is 18.2. The maximum atomic E-state index is 12.6. The molecular weight excluding hydrogens is 374 g/mol. The Morgan fingerprint density at radius 3 is 2.21 bits per heavy atom. The van der Waals surface area contributed by atoms with Crippen molar-refractivity contribution in [2.24, 2.45) is 0 Å². The Kier molecular flexibility index (Phi) is 4.61. The zero-order valence-corrected chi connectivity index (χ0v) is 16.3. The highest BCUT2D eigenvalue weighted by Gasteiger charge is 2.11. The van der Waals surface area contributed by atoms with Crippen molar-refractivity contribution in [1.82, 2.24) is 14.0 Å². The van der Waals surface area contributed by atoms with Crippen LogP contribution in [-0.4, -0.2) is 19.7 Å². The van der Waals surface area contributed by atoms with Crippen molar-refractivity contribution >= 4 is 23.2 Å². The second-order valence-electron chi connectivity index (χ2n) is 6.76. The van der Waals surface area contributed by atoms with Gasteiger partial charge in [0, 0.05) is 39.8 Å². The van der Waals surface area contributed by atoms with Crippen LogP contribution < -0.4 is 5.56 Å². The molecule has 28 heavy (non-hydrogen) atoms. The summed E-state index contributed by atoms with van der Waals surface area (Å²) in [6.07, 6.45) is 3.57. The van der Waals surface area contributed by atoms with Crippen molar-refractivity contribution in [2.45, 2.75) is 20.4 Å². The first-order valence-corrected chi connectivity index (χ1v) is 9.26. The van der Waals surface area contributed by atoms with E-state index >= 15 is 0 Å². The highest BCUT2D eigenvalue weighted by atomic mass is 35.5. The first-order chi connectivity index (χ1) is 13.4. The molecule has 0 aliphatic rings. The molecule has 4 rings (SSSR count). The van der Waals surface area contributed by atoms with Gasteiger partial charge in [-0.1, -0.05) is 35.9 Å². The third-order valence-corrected chi connectivity index (χ3v) is 5.15. The summed E-state index contributed by atoms with van der Waals surface area (Å²) in [6, 6.07) is 14.3. The van der Waals surface area contributed by atoms with Crippen molar-refractivity contribution in [3.05, 3.63) is 104 Å². The summed E-state index contributed by atoms with van der Waals surface area (Å²) in [4.78, 5) is 29.5. The van der Waals surface area contributed by atoms with E-state index < -0.39 is 0 Å². The van der Waals surface area contributed by atoms with Crippen molar-refractivity contribution in [3.63, 3.8) is 0 Å². The minimum Gasteiger partial charge on any atom is -0.312 e. The lowest BCUT2D eigenvalue weighted by Gasteiger charge is -2.07. The fourth-order valence-corrected chi connectivity index (χ4v) is 3.24. The minimum absolute atomic E-state index is 0.0473. The van der Waals surface area contributed by atoms with Crippen LogP contribution in [0.1, 0.15) is 32.7 Å². The molecule has 2 aromatic heterocycles. The van der Waals surface area contributed by atoms with Crippen molar-refractivity contribution in [2.75, 3.05) is 0 Å². The van der Waals surface area contributed by atoms with Crippen LogP contribution in [0.2, 0.25) is 5.02 Å². The Morgan fingerprint density at radius 2 is 1.57 bits per heavy atom. The van der Waals surface area contributed by atoms with E-state index in [9.17, 15) is 9.59 Å². The normalized spacial score (nSPS) is 11.1. The van der Waals surface area contributed by atoms with Gasteiger partial charge in [0.05, 0.1) is 6.54 Å². The third-order valence-electron chi connectivity index (χ3n) is 4.89. The van der Waals surface area contributed by atoms with E-state index in [2.05, 4.69) is 4.98 Å². The molecule has 0 bridgehead atoms. The molecule has 2 heterocycles. The molecule has 6 heteroatoms. The SMILES string of the molecule is Cc1nc2n(Cc3ccc(C(=O)c4ccc(Cl)cc4)cc3)ccn2c(=O)c1C. The maximum Gasteiger partial charge on any atom is 0.262 e. The molecule has 0 saturated carbocycles. The molecule has 0 spiro atoms. The van der Waals surface area contributed by atoms with E-state index in [1.54, 1.807) is 41.8 Å². The fraction of sp³-hybridized carbons (Fsp3) is 0.136. The molecule has 0 saturated heterocycles. The molecule has 0 amide bonds. The minimum atomic E-state index is -0.0508. The summed E-state index contributed by atoms with van der Waals surface area (Å²) < 4.78 is 3.48. The quantitative estimate of drug-likeness (QED) is 0.493. The number of imidazole rings is 1. The zero-order valence-electron chi connectivity index (χ0n) is 15.5. The van der Waals surface area contributed by atoms with Crippen LogP contribution in [0.5, 0.6) is 0 Å². The Bertz CT molecular complexity index is 1240. The summed E-state index contributed by atoms with van der Waals surface area (Å²) in [5.41, 5.74) is 3.56. The Morgan fingerprint density at radius 1 is 0.964 bits per heavy atom. The average Bonchev–Trinajstić information content (AvgIpc) is 3.09. The van der Waals surface area contributed by atoms with E-state index in [0.29, 0.717) is 34.0 Å². The number of carbonyl (C=O) groups excluding carboxylic acids is 1. The number of benzene rings is 2.